The normalized spacial score (nSPS) is 11.5. The molecule has 28 heavy (non-hydrogen) atoms. The zero-order valence-corrected chi connectivity index (χ0v) is 15.3. The third kappa shape index (κ3) is 2.60. The van der Waals surface area contributed by atoms with Crippen LogP contribution in [-0.2, 0) is 20.0 Å². The molecular weight excluding hydrogens is 352 g/mol. The SMILES string of the molecule is Cn1c(CCn2cc3nccc(-c4cncnc4)c3c2O)nc2ccccc21. The molecule has 138 valence electrons. The maximum Gasteiger partial charge on any atom is 0.201 e. The molecule has 0 saturated heterocycles. The maximum atomic E-state index is 10.9. The molecule has 0 aliphatic carbocycles. The van der Waals surface area contributed by atoms with Gasteiger partial charge >= 0.3 is 0 Å². The lowest BCUT2D eigenvalue weighted by Crippen LogP contribution is -2.04. The largest absolute Gasteiger partial charge is 0.494 e. The van der Waals surface area contributed by atoms with Crippen molar-refractivity contribution in [3.8, 4) is 17.0 Å². The second-order valence-corrected chi connectivity index (χ2v) is 6.72. The number of imidazole rings is 1. The van der Waals surface area contributed by atoms with Gasteiger partial charge < -0.3 is 14.2 Å². The number of benzene rings is 1. The number of aromatic nitrogens is 6. The van der Waals surface area contributed by atoms with Gasteiger partial charge in [0.05, 0.1) is 21.9 Å². The van der Waals surface area contributed by atoms with Crippen molar-refractivity contribution < 1.29 is 5.11 Å². The number of hydrogen-bond donors (Lipinski definition) is 1. The average molecular weight is 370 g/mol. The summed E-state index contributed by atoms with van der Waals surface area (Å²) in [7, 11) is 2.02. The summed E-state index contributed by atoms with van der Waals surface area (Å²) >= 11 is 0. The Hall–Kier alpha value is -3.74. The maximum absolute atomic E-state index is 10.9. The lowest BCUT2D eigenvalue weighted by atomic mass is 10.1. The average Bonchev–Trinajstić information content (AvgIpc) is 3.24. The quantitative estimate of drug-likeness (QED) is 0.525. The summed E-state index contributed by atoms with van der Waals surface area (Å²) < 4.78 is 3.92. The predicted molar refractivity (Wildman–Crippen MR) is 107 cm³/mol. The van der Waals surface area contributed by atoms with Gasteiger partial charge in [-0.3, -0.25) is 4.98 Å². The van der Waals surface area contributed by atoms with Crippen LogP contribution in [0.2, 0.25) is 0 Å². The van der Waals surface area contributed by atoms with Gasteiger partial charge in [0, 0.05) is 55.9 Å². The van der Waals surface area contributed by atoms with Crippen molar-refractivity contribution in [1.82, 2.24) is 29.1 Å². The lowest BCUT2D eigenvalue weighted by Gasteiger charge is -2.06. The molecule has 7 heteroatoms. The summed E-state index contributed by atoms with van der Waals surface area (Å²) in [6, 6.07) is 9.95. The van der Waals surface area contributed by atoms with Gasteiger partial charge in [-0.15, -0.1) is 0 Å². The molecule has 0 saturated carbocycles. The summed E-state index contributed by atoms with van der Waals surface area (Å²) in [5.41, 5.74) is 4.54. The van der Waals surface area contributed by atoms with Crippen LogP contribution in [0.25, 0.3) is 33.1 Å². The summed E-state index contributed by atoms with van der Waals surface area (Å²) in [4.78, 5) is 17.3. The molecule has 5 rings (SSSR count). The first-order chi connectivity index (χ1) is 13.7. The van der Waals surface area contributed by atoms with Crippen LogP contribution in [-0.4, -0.2) is 34.2 Å². The molecule has 0 spiro atoms. The zero-order chi connectivity index (χ0) is 19.1. The first-order valence-corrected chi connectivity index (χ1v) is 9.05. The third-order valence-corrected chi connectivity index (χ3v) is 5.08. The third-order valence-electron chi connectivity index (χ3n) is 5.08. The van der Waals surface area contributed by atoms with Gasteiger partial charge in [0.1, 0.15) is 12.2 Å². The number of nitrogens with zero attached hydrogens (tertiary/aromatic N) is 6. The lowest BCUT2D eigenvalue weighted by molar-refractivity contribution is 0.421. The minimum Gasteiger partial charge on any atom is -0.494 e. The highest BCUT2D eigenvalue weighted by atomic mass is 16.3. The van der Waals surface area contributed by atoms with Crippen molar-refractivity contribution in [3.05, 3.63) is 67.3 Å². The Morgan fingerprint density at radius 2 is 1.86 bits per heavy atom. The van der Waals surface area contributed by atoms with Crippen LogP contribution >= 0.6 is 0 Å². The molecule has 0 bridgehead atoms. The van der Waals surface area contributed by atoms with Gasteiger partial charge in [-0.25, -0.2) is 15.0 Å². The fourth-order valence-corrected chi connectivity index (χ4v) is 3.65. The Kier molecular flexibility index (Phi) is 3.79. The summed E-state index contributed by atoms with van der Waals surface area (Å²) in [6.07, 6.45) is 9.27. The first-order valence-electron chi connectivity index (χ1n) is 9.05. The van der Waals surface area contributed by atoms with Gasteiger partial charge in [-0.05, 0) is 18.2 Å². The van der Waals surface area contributed by atoms with Crippen LogP contribution in [0.15, 0.2) is 61.4 Å². The van der Waals surface area contributed by atoms with Crippen LogP contribution in [0.4, 0.5) is 0 Å². The van der Waals surface area contributed by atoms with Crippen LogP contribution in [0.3, 0.4) is 0 Å². The number of para-hydroxylation sites is 2. The number of pyridine rings is 1. The second-order valence-electron chi connectivity index (χ2n) is 6.72. The molecular formula is C21H18N6O. The van der Waals surface area contributed by atoms with Crippen molar-refractivity contribution >= 4 is 21.9 Å². The number of rotatable bonds is 4. The van der Waals surface area contributed by atoms with Gasteiger partial charge in [-0.1, -0.05) is 12.1 Å². The molecule has 5 aromatic rings. The summed E-state index contributed by atoms with van der Waals surface area (Å²) in [6.45, 7) is 0.601. The molecule has 0 aliphatic rings. The highest BCUT2D eigenvalue weighted by Gasteiger charge is 2.16. The molecule has 0 unspecified atom stereocenters. The molecule has 4 heterocycles. The van der Waals surface area contributed by atoms with Crippen molar-refractivity contribution in [1.29, 1.82) is 0 Å². The van der Waals surface area contributed by atoms with E-state index in [1.807, 2.05) is 42.1 Å². The highest BCUT2D eigenvalue weighted by molar-refractivity contribution is 5.98. The van der Waals surface area contributed by atoms with Crippen molar-refractivity contribution in [3.63, 3.8) is 0 Å². The van der Waals surface area contributed by atoms with E-state index >= 15 is 0 Å². The van der Waals surface area contributed by atoms with Gasteiger partial charge in [0.25, 0.3) is 0 Å². The molecule has 7 nitrogen and oxygen atoms in total. The second kappa shape index (κ2) is 6.45. The van der Waals surface area contributed by atoms with Crippen LogP contribution in [0.1, 0.15) is 5.82 Å². The molecule has 0 amide bonds. The molecule has 1 N–H and O–H groups in total. The Bertz CT molecular complexity index is 1290. The van der Waals surface area contributed by atoms with E-state index in [9.17, 15) is 5.11 Å². The van der Waals surface area contributed by atoms with E-state index in [1.165, 1.54) is 6.33 Å². The van der Waals surface area contributed by atoms with Crippen molar-refractivity contribution in [2.45, 2.75) is 13.0 Å². The number of aryl methyl sites for hydroxylation is 3. The van der Waals surface area contributed by atoms with Gasteiger partial charge in [-0.2, -0.15) is 0 Å². The smallest absolute Gasteiger partial charge is 0.201 e. The molecule has 0 aliphatic heterocycles. The fourth-order valence-electron chi connectivity index (χ4n) is 3.65. The minimum absolute atomic E-state index is 0.195. The topological polar surface area (TPSA) is 81.7 Å². The summed E-state index contributed by atoms with van der Waals surface area (Å²) in [5.74, 6) is 1.17. The van der Waals surface area contributed by atoms with Crippen LogP contribution in [0.5, 0.6) is 5.88 Å². The Balaban J connectivity index is 1.51. The number of hydrogen-bond acceptors (Lipinski definition) is 5. The number of fused-ring (bicyclic) bond motifs is 2. The molecule has 0 radical (unpaired) electrons. The van der Waals surface area contributed by atoms with E-state index < -0.39 is 0 Å². The molecule has 1 aromatic carbocycles. The Morgan fingerprint density at radius 1 is 1.04 bits per heavy atom. The molecule has 0 atom stereocenters. The van der Waals surface area contributed by atoms with E-state index in [2.05, 4.69) is 25.6 Å². The highest BCUT2D eigenvalue weighted by Crippen LogP contribution is 2.34. The number of aromatic hydroxyl groups is 1. The Labute approximate surface area is 161 Å². The first kappa shape index (κ1) is 16.4. The van der Waals surface area contributed by atoms with Crippen LogP contribution in [0, 0.1) is 0 Å². The molecule has 0 fully saturated rings. The monoisotopic (exact) mass is 370 g/mol. The molecule has 4 aromatic heterocycles. The fraction of sp³-hybridized carbons (Fsp3) is 0.143. The van der Waals surface area contributed by atoms with E-state index in [0.29, 0.717) is 18.4 Å². The van der Waals surface area contributed by atoms with E-state index in [4.69, 9.17) is 4.98 Å². The van der Waals surface area contributed by atoms with Crippen molar-refractivity contribution in [2.24, 2.45) is 7.05 Å². The standard InChI is InChI=1S/C21H18N6O/c1-26-18-5-3-2-4-16(18)25-19(26)7-9-27-12-17-20(21(27)28)15(6-8-24-17)14-10-22-13-23-11-14/h2-6,8,10-13,28H,7,9H2,1H3. The predicted octanol–water partition coefficient (Wildman–Crippen LogP) is 3.33. The summed E-state index contributed by atoms with van der Waals surface area (Å²) in [5, 5.41) is 11.6. The minimum atomic E-state index is 0.195. The van der Waals surface area contributed by atoms with Crippen molar-refractivity contribution in [2.75, 3.05) is 0 Å². The van der Waals surface area contributed by atoms with E-state index in [1.54, 1.807) is 18.6 Å². The zero-order valence-electron chi connectivity index (χ0n) is 15.3. The van der Waals surface area contributed by atoms with Gasteiger partial charge in [0.15, 0.2) is 0 Å². The van der Waals surface area contributed by atoms with Crippen LogP contribution < -0.4 is 0 Å². The van der Waals surface area contributed by atoms with E-state index in [0.717, 1.165) is 33.5 Å². The van der Waals surface area contributed by atoms with E-state index in [-0.39, 0.29) is 5.88 Å². The Morgan fingerprint density at radius 3 is 2.68 bits per heavy atom. The van der Waals surface area contributed by atoms with Gasteiger partial charge in [0.2, 0.25) is 5.88 Å².